The normalized spacial score (nSPS) is 25.3. The number of likely N-dealkylation sites (tertiary alicyclic amines) is 1. The molecule has 0 bridgehead atoms. The number of aromatic nitrogens is 1. The lowest BCUT2D eigenvalue weighted by molar-refractivity contribution is -0.130. The largest absolute Gasteiger partial charge is 0.376 e. The van der Waals surface area contributed by atoms with Crippen LogP contribution in [0.1, 0.15) is 29.7 Å². The molecule has 1 amide bonds. The number of rotatable bonds is 6. The Morgan fingerprint density at radius 2 is 2.24 bits per heavy atom. The van der Waals surface area contributed by atoms with Crippen LogP contribution in [-0.4, -0.2) is 35.5 Å². The fraction of sp³-hybridized carbons (Fsp3) is 0.500. The molecule has 0 unspecified atom stereocenters. The van der Waals surface area contributed by atoms with Gasteiger partial charge in [0.1, 0.15) is 0 Å². The van der Waals surface area contributed by atoms with E-state index in [2.05, 4.69) is 9.88 Å². The van der Waals surface area contributed by atoms with Gasteiger partial charge in [-0.05, 0) is 47.9 Å². The number of pyridine rings is 1. The van der Waals surface area contributed by atoms with Crippen molar-refractivity contribution in [1.82, 2.24) is 9.88 Å². The van der Waals surface area contributed by atoms with Crippen molar-refractivity contribution in [3.63, 3.8) is 0 Å². The number of thiophene rings is 1. The topological polar surface area (TPSA) is 42.4 Å². The number of amides is 1. The van der Waals surface area contributed by atoms with Gasteiger partial charge >= 0.3 is 0 Å². The first-order valence-electron chi connectivity index (χ1n) is 9.02. The van der Waals surface area contributed by atoms with Gasteiger partial charge in [0.2, 0.25) is 5.91 Å². The molecule has 25 heavy (non-hydrogen) atoms. The standard InChI is InChI=1S/C20H24N2O2S/c23-19(11-18-4-2-10-25-18)22-12-17-3-1-7-20(17,14-22)15-24-13-16-5-8-21-9-6-16/h2,4-6,8-10,17H,1,3,7,11-15H2/t17-,20+/m1/s1. The fourth-order valence-electron chi connectivity index (χ4n) is 4.37. The molecule has 0 spiro atoms. The van der Waals surface area contributed by atoms with E-state index in [4.69, 9.17) is 4.74 Å². The summed E-state index contributed by atoms with van der Waals surface area (Å²) in [4.78, 5) is 20.0. The molecule has 2 fully saturated rings. The van der Waals surface area contributed by atoms with Gasteiger partial charge in [-0.3, -0.25) is 9.78 Å². The third-order valence-electron chi connectivity index (χ3n) is 5.71. The van der Waals surface area contributed by atoms with Crippen molar-refractivity contribution in [3.8, 4) is 0 Å². The predicted octanol–water partition coefficient (Wildman–Crippen LogP) is 3.53. The van der Waals surface area contributed by atoms with Crippen molar-refractivity contribution in [2.45, 2.75) is 32.3 Å². The molecule has 2 aromatic heterocycles. The maximum Gasteiger partial charge on any atom is 0.227 e. The van der Waals surface area contributed by atoms with Gasteiger partial charge in [-0.15, -0.1) is 11.3 Å². The van der Waals surface area contributed by atoms with Gasteiger partial charge in [0, 0.05) is 35.8 Å². The highest BCUT2D eigenvalue weighted by Crippen LogP contribution is 2.49. The van der Waals surface area contributed by atoms with Crippen LogP contribution in [0.2, 0.25) is 0 Å². The third-order valence-corrected chi connectivity index (χ3v) is 6.58. The van der Waals surface area contributed by atoms with Crippen LogP contribution in [0.25, 0.3) is 0 Å². The van der Waals surface area contributed by atoms with Gasteiger partial charge in [0.15, 0.2) is 0 Å². The lowest BCUT2D eigenvalue weighted by atomic mass is 9.81. The maximum absolute atomic E-state index is 12.7. The van der Waals surface area contributed by atoms with Gasteiger partial charge in [-0.2, -0.15) is 0 Å². The van der Waals surface area contributed by atoms with E-state index in [0.29, 0.717) is 18.9 Å². The van der Waals surface area contributed by atoms with E-state index in [1.54, 1.807) is 23.7 Å². The average molecular weight is 356 g/mol. The van der Waals surface area contributed by atoms with Crippen LogP contribution in [0.15, 0.2) is 42.0 Å². The Bertz CT molecular complexity index is 704. The summed E-state index contributed by atoms with van der Waals surface area (Å²) < 4.78 is 6.08. The molecule has 1 aliphatic carbocycles. The predicted molar refractivity (Wildman–Crippen MR) is 98.3 cm³/mol. The number of nitrogens with zero attached hydrogens (tertiary/aromatic N) is 2. The first kappa shape index (κ1) is 16.7. The van der Waals surface area contributed by atoms with Crippen LogP contribution in [0, 0.1) is 11.3 Å². The highest BCUT2D eigenvalue weighted by atomic mass is 32.1. The van der Waals surface area contributed by atoms with Gasteiger partial charge in [0.05, 0.1) is 19.6 Å². The first-order valence-corrected chi connectivity index (χ1v) is 9.90. The van der Waals surface area contributed by atoms with E-state index in [9.17, 15) is 4.79 Å². The van der Waals surface area contributed by atoms with Crippen LogP contribution in [0.3, 0.4) is 0 Å². The Balaban J connectivity index is 1.36. The van der Waals surface area contributed by atoms with Crippen molar-refractivity contribution in [2.75, 3.05) is 19.7 Å². The number of hydrogen-bond acceptors (Lipinski definition) is 4. The highest BCUT2D eigenvalue weighted by Gasteiger charge is 2.50. The Morgan fingerprint density at radius 3 is 3.04 bits per heavy atom. The van der Waals surface area contributed by atoms with Crippen LogP contribution < -0.4 is 0 Å². The van der Waals surface area contributed by atoms with Crippen LogP contribution in [0.4, 0.5) is 0 Å². The summed E-state index contributed by atoms with van der Waals surface area (Å²) in [5.41, 5.74) is 1.32. The first-order chi connectivity index (χ1) is 12.3. The number of hydrogen-bond donors (Lipinski definition) is 0. The second kappa shape index (κ2) is 7.26. The zero-order chi connectivity index (χ0) is 17.1. The molecule has 0 N–H and O–H groups in total. The van der Waals surface area contributed by atoms with E-state index in [0.717, 1.165) is 30.1 Å². The summed E-state index contributed by atoms with van der Waals surface area (Å²) in [6, 6.07) is 8.05. The molecule has 4 nitrogen and oxygen atoms in total. The minimum absolute atomic E-state index is 0.165. The van der Waals surface area contributed by atoms with Crippen molar-refractivity contribution in [3.05, 3.63) is 52.5 Å². The van der Waals surface area contributed by atoms with Gasteiger partial charge in [0.25, 0.3) is 0 Å². The maximum atomic E-state index is 12.7. The summed E-state index contributed by atoms with van der Waals surface area (Å²) in [5, 5.41) is 2.04. The number of carbonyl (C=O) groups excluding carboxylic acids is 1. The molecule has 4 rings (SSSR count). The Kier molecular flexibility index (Phi) is 4.86. The van der Waals surface area contributed by atoms with Gasteiger partial charge < -0.3 is 9.64 Å². The van der Waals surface area contributed by atoms with Crippen molar-refractivity contribution in [1.29, 1.82) is 0 Å². The molecule has 1 aliphatic heterocycles. The molecular weight excluding hydrogens is 332 g/mol. The van der Waals surface area contributed by atoms with Crippen molar-refractivity contribution in [2.24, 2.45) is 11.3 Å². The van der Waals surface area contributed by atoms with E-state index in [1.165, 1.54) is 19.3 Å². The molecule has 132 valence electrons. The fourth-order valence-corrected chi connectivity index (χ4v) is 5.06. The summed E-state index contributed by atoms with van der Waals surface area (Å²) in [6.45, 7) is 3.14. The zero-order valence-electron chi connectivity index (χ0n) is 14.4. The molecule has 3 heterocycles. The third kappa shape index (κ3) is 3.62. The lowest BCUT2D eigenvalue weighted by Crippen LogP contribution is -2.35. The summed E-state index contributed by atoms with van der Waals surface area (Å²) in [5.74, 6) is 0.864. The Hall–Kier alpha value is -1.72. The molecule has 2 aliphatic rings. The number of fused-ring (bicyclic) bond motifs is 1. The van der Waals surface area contributed by atoms with Crippen molar-refractivity contribution >= 4 is 17.2 Å². The highest BCUT2D eigenvalue weighted by molar-refractivity contribution is 7.10. The monoisotopic (exact) mass is 356 g/mol. The van der Waals surface area contributed by atoms with Gasteiger partial charge in [-0.25, -0.2) is 0 Å². The van der Waals surface area contributed by atoms with Crippen LogP contribution >= 0.6 is 11.3 Å². The summed E-state index contributed by atoms with van der Waals surface area (Å²) in [6.07, 6.45) is 7.80. The number of ether oxygens (including phenoxy) is 1. The average Bonchev–Trinajstić information content (AvgIpc) is 3.31. The Labute approximate surface area is 152 Å². The smallest absolute Gasteiger partial charge is 0.227 e. The van der Waals surface area contributed by atoms with Gasteiger partial charge in [-0.1, -0.05) is 12.5 Å². The zero-order valence-corrected chi connectivity index (χ0v) is 15.2. The van der Waals surface area contributed by atoms with Crippen LogP contribution in [0.5, 0.6) is 0 Å². The second-order valence-corrected chi connectivity index (χ2v) is 8.36. The lowest BCUT2D eigenvalue weighted by Gasteiger charge is -2.28. The number of carbonyl (C=O) groups is 1. The van der Waals surface area contributed by atoms with Crippen LogP contribution in [-0.2, 0) is 22.6 Å². The molecular formula is C20H24N2O2S. The Morgan fingerprint density at radius 1 is 1.36 bits per heavy atom. The SMILES string of the molecule is O=C(Cc1cccs1)N1C[C@H]2CCC[C@@]2(COCc2ccncc2)C1. The summed E-state index contributed by atoms with van der Waals surface area (Å²) in [7, 11) is 0. The molecule has 2 aromatic rings. The molecule has 0 radical (unpaired) electrons. The van der Waals surface area contributed by atoms with E-state index in [1.807, 2.05) is 29.6 Å². The molecule has 1 saturated carbocycles. The van der Waals surface area contributed by atoms with E-state index < -0.39 is 0 Å². The van der Waals surface area contributed by atoms with E-state index in [-0.39, 0.29) is 11.3 Å². The molecule has 2 atom stereocenters. The van der Waals surface area contributed by atoms with E-state index >= 15 is 0 Å². The minimum atomic E-state index is 0.165. The molecule has 5 heteroatoms. The van der Waals surface area contributed by atoms with Crippen molar-refractivity contribution < 1.29 is 9.53 Å². The minimum Gasteiger partial charge on any atom is -0.376 e. The quantitative estimate of drug-likeness (QED) is 0.795. The molecule has 1 saturated heterocycles. The summed E-state index contributed by atoms with van der Waals surface area (Å²) >= 11 is 1.66. The molecule has 0 aromatic carbocycles. The second-order valence-electron chi connectivity index (χ2n) is 7.33.